The van der Waals surface area contributed by atoms with Crippen molar-refractivity contribution < 1.29 is 14.3 Å². The second kappa shape index (κ2) is 10.0. The summed E-state index contributed by atoms with van der Waals surface area (Å²) in [6, 6.07) is 22.0. The number of amides is 1. The van der Waals surface area contributed by atoms with Gasteiger partial charge >= 0.3 is 0 Å². The Balaban J connectivity index is 1.63. The smallest absolute Gasteiger partial charge is 0.257 e. The van der Waals surface area contributed by atoms with Gasteiger partial charge in [0.05, 0.1) is 7.11 Å². The maximum absolute atomic E-state index is 12.7. The minimum absolute atomic E-state index is 0.221. The van der Waals surface area contributed by atoms with E-state index in [1.807, 2.05) is 60.7 Å². The number of carbonyl (C=O) groups is 1. The number of carbonyl (C=O) groups excluding carboxylic acids is 1. The molecule has 1 amide bonds. The highest BCUT2D eigenvalue weighted by molar-refractivity contribution is 9.10. The van der Waals surface area contributed by atoms with Crippen molar-refractivity contribution in [3.05, 3.63) is 88.4 Å². The second-order valence-electron chi connectivity index (χ2n) is 6.04. The maximum Gasteiger partial charge on any atom is 0.257 e. The molecule has 29 heavy (non-hydrogen) atoms. The van der Waals surface area contributed by atoms with Crippen LogP contribution in [0.15, 0.2) is 77.3 Å². The number of thiocarbonyl (C=S) groups is 1. The number of nitrogens with one attached hydrogen (secondary N) is 2. The molecule has 148 valence electrons. The molecule has 0 heterocycles. The minimum atomic E-state index is -0.300. The molecule has 3 rings (SSSR count). The van der Waals surface area contributed by atoms with Crippen molar-refractivity contribution in [3.63, 3.8) is 0 Å². The van der Waals surface area contributed by atoms with Gasteiger partial charge in [0.2, 0.25) is 0 Å². The molecule has 0 atom stereocenters. The zero-order valence-electron chi connectivity index (χ0n) is 15.6. The SMILES string of the molecule is COc1ccc(OCc2ccccc2C(=O)NC(=S)Nc2cccc(Br)c2)cc1. The lowest BCUT2D eigenvalue weighted by Crippen LogP contribution is -2.34. The monoisotopic (exact) mass is 470 g/mol. The summed E-state index contributed by atoms with van der Waals surface area (Å²) < 4.78 is 11.9. The molecule has 5 nitrogen and oxygen atoms in total. The molecule has 3 aromatic rings. The highest BCUT2D eigenvalue weighted by Crippen LogP contribution is 2.19. The molecular formula is C22H19BrN2O3S. The van der Waals surface area contributed by atoms with Gasteiger partial charge in [0.1, 0.15) is 18.1 Å². The third-order valence-electron chi connectivity index (χ3n) is 4.03. The Morgan fingerprint density at radius 2 is 1.72 bits per heavy atom. The normalized spacial score (nSPS) is 10.1. The average molecular weight is 471 g/mol. The van der Waals surface area contributed by atoms with E-state index in [9.17, 15) is 4.79 Å². The third-order valence-corrected chi connectivity index (χ3v) is 4.72. The zero-order valence-corrected chi connectivity index (χ0v) is 18.0. The lowest BCUT2D eigenvalue weighted by Gasteiger charge is -2.13. The first kappa shape index (κ1) is 20.8. The topological polar surface area (TPSA) is 59.6 Å². The summed E-state index contributed by atoms with van der Waals surface area (Å²) in [4.78, 5) is 12.7. The Kier molecular flexibility index (Phi) is 7.21. The molecule has 0 unspecified atom stereocenters. The van der Waals surface area contributed by atoms with Crippen LogP contribution in [-0.2, 0) is 6.61 Å². The molecule has 0 aromatic heterocycles. The fourth-order valence-corrected chi connectivity index (χ4v) is 3.21. The van der Waals surface area contributed by atoms with E-state index in [1.54, 1.807) is 19.2 Å². The zero-order chi connectivity index (χ0) is 20.6. The van der Waals surface area contributed by atoms with Crippen molar-refractivity contribution >= 4 is 44.9 Å². The van der Waals surface area contributed by atoms with Gasteiger partial charge in [-0.05, 0) is 60.7 Å². The van der Waals surface area contributed by atoms with Gasteiger partial charge in [0.25, 0.3) is 5.91 Å². The summed E-state index contributed by atoms with van der Waals surface area (Å²) in [5.41, 5.74) is 2.03. The second-order valence-corrected chi connectivity index (χ2v) is 7.36. The van der Waals surface area contributed by atoms with Gasteiger partial charge in [-0.25, -0.2) is 0 Å². The van der Waals surface area contributed by atoms with Gasteiger partial charge < -0.3 is 14.8 Å². The number of hydrogen-bond donors (Lipinski definition) is 2. The fourth-order valence-electron chi connectivity index (χ4n) is 2.60. The van der Waals surface area contributed by atoms with E-state index in [0.29, 0.717) is 11.3 Å². The van der Waals surface area contributed by atoms with Crippen LogP contribution in [0, 0.1) is 0 Å². The van der Waals surface area contributed by atoms with Crippen molar-refractivity contribution in [1.82, 2.24) is 5.32 Å². The number of rotatable bonds is 6. The summed E-state index contributed by atoms with van der Waals surface area (Å²) in [5.74, 6) is 1.14. The van der Waals surface area contributed by atoms with Crippen molar-refractivity contribution in [3.8, 4) is 11.5 Å². The number of benzene rings is 3. The van der Waals surface area contributed by atoms with Crippen molar-refractivity contribution in [2.45, 2.75) is 6.61 Å². The molecule has 0 saturated carbocycles. The lowest BCUT2D eigenvalue weighted by molar-refractivity contribution is 0.0975. The van der Waals surface area contributed by atoms with E-state index in [1.165, 1.54) is 0 Å². The van der Waals surface area contributed by atoms with E-state index >= 15 is 0 Å². The number of ether oxygens (including phenoxy) is 2. The van der Waals surface area contributed by atoms with E-state index in [0.717, 1.165) is 21.5 Å². The van der Waals surface area contributed by atoms with Crippen LogP contribution in [0.5, 0.6) is 11.5 Å². The molecule has 0 aliphatic carbocycles. The van der Waals surface area contributed by atoms with Gasteiger partial charge in [-0.3, -0.25) is 10.1 Å². The Labute approximate surface area is 183 Å². The van der Waals surface area contributed by atoms with Gasteiger partial charge in [-0.2, -0.15) is 0 Å². The van der Waals surface area contributed by atoms with E-state index in [-0.39, 0.29) is 17.6 Å². The standard InChI is InChI=1S/C22H19BrN2O3S/c1-27-18-9-11-19(12-10-18)28-14-15-5-2-3-8-20(15)21(26)25-22(29)24-17-7-4-6-16(23)13-17/h2-13H,14H2,1H3,(H2,24,25,26,29). The summed E-state index contributed by atoms with van der Waals surface area (Å²) >= 11 is 8.66. The first-order valence-electron chi connectivity index (χ1n) is 8.78. The lowest BCUT2D eigenvalue weighted by atomic mass is 10.1. The third kappa shape index (κ3) is 6.04. The Bertz CT molecular complexity index is 1010. The van der Waals surface area contributed by atoms with Crippen LogP contribution in [0.1, 0.15) is 15.9 Å². The molecule has 0 radical (unpaired) electrons. The summed E-state index contributed by atoms with van der Waals surface area (Å²) in [6.07, 6.45) is 0. The van der Waals surface area contributed by atoms with Crippen LogP contribution in [0.3, 0.4) is 0 Å². The molecule has 7 heteroatoms. The molecule has 0 aliphatic rings. The Morgan fingerprint density at radius 3 is 2.45 bits per heavy atom. The number of hydrogen-bond acceptors (Lipinski definition) is 4. The molecule has 0 fully saturated rings. The molecule has 0 spiro atoms. The number of anilines is 1. The fraction of sp³-hybridized carbons (Fsp3) is 0.0909. The van der Waals surface area contributed by atoms with Crippen LogP contribution in [-0.4, -0.2) is 18.1 Å². The van der Waals surface area contributed by atoms with Gasteiger partial charge in [0, 0.05) is 21.3 Å². The van der Waals surface area contributed by atoms with E-state index < -0.39 is 0 Å². The Morgan fingerprint density at radius 1 is 1.00 bits per heavy atom. The molecule has 0 aliphatic heterocycles. The van der Waals surface area contributed by atoms with E-state index in [2.05, 4.69) is 26.6 Å². The van der Waals surface area contributed by atoms with Crippen LogP contribution in [0.4, 0.5) is 5.69 Å². The van der Waals surface area contributed by atoms with Crippen molar-refractivity contribution in [1.29, 1.82) is 0 Å². The Hall–Kier alpha value is -2.90. The maximum atomic E-state index is 12.7. The molecule has 0 saturated heterocycles. The van der Waals surface area contributed by atoms with Gasteiger partial charge in [0.15, 0.2) is 5.11 Å². The quantitative estimate of drug-likeness (QED) is 0.487. The highest BCUT2D eigenvalue weighted by Gasteiger charge is 2.13. The largest absolute Gasteiger partial charge is 0.497 e. The van der Waals surface area contributed by atoms with Crippen LogP contribution >= 0.6 is 28.1 Å². The average Bonchev–Trinajstić information content (AvgIpc) is 2.72. The van der Waals surface area contributed by atoms with E-state index in [4.69, 9.17) is 21.7 Å². The predicted octanol–water partition coefficient (Wildman–Crippen LogP) is 5.16. The first-order valence-corrected chi connectivity index (χ1v) is 9.98. The van der Waals surface area contributed by atoms with Crippen molar-refractivity contribution in [2.75, 3.05) is 12.4 Å². The molecular weight excluding hydrogens is 452 g/mol. The highest BCUT2D eigenvalue weighted by atomic mass is 79.9. The minimum Gasteiger partial charge on any atom is -0.497 e. The molecule has 2 N–H and O–H groups in total. The molecule has 3 aromatic carbocycles. The van der Waals surface area contributed by atoms with Crippen LogP contribution in [0.25, 0.3) is 0 Å². The summed E-state index contributed by atoms with van der Waals surface area (Å²) in [7, 11) is 1.61. The van der Waals surface area contributed by atoms with Gasteiger partial charge in [-0.15, -0.1) is 0 Å². The first-order chi connectivity index (χ1) is 14.0. The molecule has 0 bridgehead atoms. The van der Waals surface area contributed by atoms with Crippen LogP contribution in [0.2, 0.25) is 0 Å². The summed E-state index contributed by atoms with van der Waals surface area (Å²) in [5, 5.41) is 5.93. The van der Waals surface area contributed by atoms with Gasteiger partial charge in [-0.1, -0.05) is 40.2 Å². The van der Waals surface area contributed by atoms with Crippen LogP contribution < -0.4 is 20.1 Å². The van der Waals surface area contributed by atoms with Crippen molar-refractivity contribution in [2.24, 2.45) is 0 Å². The summed E-state index contributed by atoms with van der Waals surface area (Å²) in [6.45, 7) is 0.252. The number of halogens is 1. The predicted molar refractivity (Wildman–Crippen MR) is 122 cm³/mol. The number of methoxy groups -OCH3 is 1.